The lowest BCUT2D eigenvalue weighted by molar-refractivity contribution is 0.0661. The number of carbonyl (C=O) groups is 1. The molecule has 10 nitrogen and oxygen atoms in total. The third kappa shape index (κ3) is 5.37. The van der Waals surface area contributed by atoms with Crippen LogP contribution in [-0.4, -0.2) is 77.1 Å². The van der Waals surface area contributed by atoms with Crippen LogP contribution in [0.2, 0.25) is 0 Å². The van der Waals surface area contributed by atoms with E-state index in [1.165, 1.54) is 0 Å². The van der Waals surface area contributed by atoms with Crippen molar-refractivity contribution in [1.82, 2.24) is 24.3 Å². The quantitative estimate of drug-likeness (QED) is 0.471. The lowest BCUT2D eigenvalue weighted by Gasteiger charge is -2.32. The van der Waals surface area contributed by atoms with Gasteiger partial charge in [-0.1, -0.05) is 19.4 Å². The largest absolute Gasteiger partial charge is 0.496 e. The number of aromatic nitrogens is 3. The van der Waals surface area contributed by atoms with E-state index in [2.05, 4.69) is 34.2 Å². The van der Waals surface area contributed by atoms with Gasteiger partial charge in [0.1, 0.15) is 17.0 Å². The average molecular weight is 480 g/mol. The molecule has 1 aliphatic heterocycles. The van der Waals surface area contributed by atoms with Crippen molar-refractivity contribution in [3.63, 3.8) is 0 Å². The first-order valence-corrected chi connectivity index (χ1v) is 12.0. The summed E-state index contributed by atoms with van der Waals surface area (Å²) in [6.45, 7) is 6.17. The van der Waals surface area contributed by atoms with Gasteiger partial charge in [-0.25, -0.2) is 4.98 Å². The highest BCUT2D eigenvalue weighted by Crippen LogP contribution is 2.24. The zero-order chi connectivity index (χ0) is 24.9. The van der Waals surface area contributed by atoms with E-state index >= 15 is 0 Å². The summed E-state index contributed by atoms with van der Waals surface area (Å²) >= 11 is 0. The highest BCUT2D eigenvalue weighted by Gasteiger charge is 2.23. The lowest BCUT2D eigenvalue weighted by Crippen LogP contribution is -2.47. The van der Waals surface area contributed by atoms with Gasteiger partial charge in [-0.3, -0.25) is 9.59 Å². The molecule has 3 N–H and O–H groups in total. The highest BCUT2D eigenvalue weighted by molar-refractivity contribution is 5.97. The Labute approximate surface area is 204 Å². The molecular formula is C25H33N7O3. The zero-order valence-corrected chi connectivity index (χ0v) is 20.6. The molecule has 3 aromatic rings. The molecule has 0 saturated carbocycles. The minimum Gasteiger partial charge on any atom is -0.496 e. The number of methoxy groups -OCH3 is 1. The Hall–Kier alpha value is -3.66. The number of nitrogens with one attached hydrogen (secondary N) is 1. The zero-order valence-electron chi connectivity index (χ0n) is 20.6. The van der Waals surface area contributed by atoms with Crippen molar-refractivity contribution >= 4 is 28.6 Å². The Morgan fingerprint density at radius 3 is 2.66 bits per heavy atom. The van der Waals surface area contributed by atoms with Crippen molar-refractivity contribution in [2.24, 2.45) is 0 Å². The molecule has 0 aliphatic carbocycles. The molecule has 1 fully saturated rings. The van der Waals surface area contributed by atoms with Crippen LogP contribution in [0.4, 0.5) is 11.8 Å². The number of hydrogen-bond donors (Lipinski definition) is 2. The number of piperazine rings is 1. The van der Waals surface area contributed by atoms with E-state index in [0.717, 1.165) is 31.5 Å². The summed E-state index contributed by atoms with van der Waals surface area (Å²) in [4.78, 5) is 39.0. The lowest BCUT2D eigenvalue weighted by atomic mass is 10.1. The van der Waals surface area contributed by atoms with Crippen LogP contribution in [0.25, 0.3) is 10.9 Å². The summed E-state index contributed by atoms with van der Waals surface area (Å²) < 4.78 is 7.16. The van der Waals surface area contributed by atoms with E-state index in [9.17, 15) is 9.59 Å². The van der Waals surface area contributed by atoms with Gasteiger partial charge in [0.25, 0.3) is 11.5 Å². The highest BCUT2D eigenvalue weighted by atomic mass is 16.5. The molecule has 0 unspecified atom stereocenters. The number of amides is 1. The maximum absolute atomic E-state index is 13.4. The standard InChI is InChI=1S/C25H33N7O3/c1-4-5-9-27-22-21-19(28-25(26)29-22)8-10-32(24(21)34)16-17-6-7-18(20(15-17)35-3)23(33)31-13-11-30(2)12-14-31/h6-8,10,15H,4-5,9,11-14,16H2,1-3H3,(H3,26,27,28,29). The maximum atomic E-state index is 13.4. The monoisotopic (exact) mass is 479 g/mol. The fraction of sp³-hybridized carbons (Fsp3) is 0.440. The van der Waals surface area contributed by atoms with Crippen LogP contribution < -0.4 is 21.3 Å². The summed E-state index contributed by atoms with van der Waals surface area (Å²) in [5.74, 6) is 1.03. The minimum absolute atomic E-state index is 0.0399. The molecule has 1 amide bonds. The maximum Gasteiger partial charge on any atom is 0.264 e. The number of unbranched alkanes of at least 4 members (excludes halogenated alkanes) is 1. The fourth-order valence-corrected chi connectivity index (χ4v) is 4.22. The SMILES string of the molecule is CCCCNc1nc(N)nc2ccn(Cc3ccc(C(=O)N4CCN(C)CC4)c(OC)c3)c(=O)c12. The Balaban J connectivity index is 1.61. The van der Waals surface area contributed by atoms with Crippen LogP contribution in [-0.2, 0) is 6.54 Å². The molecule has 1 saturated heterocycles. The normalized spacial score (nSPS) is 14.3. The summed E-state index contributed by atoms with van der Waals surface area (Å²) in [5.41, 5.74) is 7.52. The molecule has 1 aliphatic rings. The van der Waals surface area contributed by atoms with Crippen molar-refractivity contribution in [2.45, 2.75) is 26.3 Å². The Kier molecular flexibility index (Phi) is 7.50. The molecule has 186 valence electrons. The first kappa shape index (κ1) is 24.5. The Morgan fingerprint density at radius 1 is 1.17 bits per heavy atom. The number of pyridine rings is 1. The number of carbonyl (C=O) groups excluding carboxylic acids is 1. The van der Waals surface area contributed by atoms with Gasteiger partial charge in [0.15, 0.2) is 0 Å². The van der Waals surface area contributed by atoms with Gasteiger partial charge in [0, 0.05) is 38.9 Å². The first-order valence-electron chi connectivity index (χ1n) is 12.0. The number of nitrogen functional groups attached to an aromatic ring is 1. The van der Waals surface area contributed by atoms with Gasteiger partial charge >= 0.3 is 0 Å². The number of likely N-dealkylation sites (N-methyl/N-ethyl adjacent to an activating group) is 1. The Bertz CT molecular complexity index is 1270. The first-order chi connectivity index (χ1) is 16.9. The second-order valence-corrected chi connectivity index (χ2v) is 8.85. The van der Waals surface area contributed by atoms with Crippen LogP contribution in [0.3, 0.4) is 0 Å². The molecule has 0 spiro atoms. The third-order valence-corrected chi connectivity index (χ3v) is 6.30. The number of ether oxygens (including phenoxy) is 1. The van der Waals surface area contributed by atoms with Crippen LogP contribution >= 0.6 is 0 Å². The molecule has 4 rings (SSSR count). The number of benzene rings is 1. The van der Waals surface area contributed by atoms with Gasteiger partial charge in [0.2, 0.25) is 5.95 Å². The second-order valence-electron chi connectivity index (χ2n) is 8.85. The van der Waals surface area contributed by atoms with E-state index in [1.807, 2.05) is 17.0 Å². The van der Waals surface area contributed by atoms with Gasteiger partial charge in [-0.15, -0.1) is 0 Å². The van der Waals surface area contributed by atoms with Gasteiger partial charge < -0.3 is 30.2 Å². The number of fused-ring (bicyclic) bond motifs is 1. The predicted molar refractivity (Wildman–Crippen MR) is 137 cm³/mol. The van der Waals surface area contributed by atoms with E-state index in [1.54, 1.807) is 30.0 Å². The van der Waals surface area contributed by atoms with Crippen LogP contribution in [0.15, 0.2) is 35.3 Å². The number of rotatable bonds is 8. The van der Waals surface area contributed by atoms with Crippen LogP contribution in [0.5, 0.6) is 5.75 Å². The number of nitrogens with two attached hydrogens (primary N) is 1. The summed E-state index contributed by atoms with van der Waals surface area (Å²) in [5, 5.41) is 3.63. The molecule has 2 aromatic heterocycles. The molecular weight excluding hydrogens is 446 g/mol. The van der Waals surface area contributed by atoms with E-state index in [4.69, 9.17) is 10.5 Å². The predicted octanol–water partition coefficient (Wildman–Crippen LogP) is 2.03. The molecule has 1 aromatic carbocycles. The van der Waals surface area contributed by atoms with Gasteiger partial charge in [-0.05, 0) is 37.2 Å². The van der Waals surface area contributed by atoms with Gasteiger partial charge in [0.05, 0.1) is 24.7 Å². The summed E-state index contributed by atoms with van der Waals surface area (Å²) in [7, 11) is 3.61. The topological polar surface area (TPSA) is 119 Å². The number of anilines is 2. The Morgan fingerprint density at radius 2 is 1.94 bits per heavy atom. The van der Waals surface area contributed by atoms with Crippen molar-refractivity contribution in [2.75, 3.05) is 57.9 Å². The molecule has 35 heavy (non-hydrogen) atoms. The molecule has 0 atom stereocenters. The smallest absolute Gasteiger partial charge is 0.264 e. The van der Waals surface area contributed by atoms with Crippen molar-refractivity contribution in [3.8, 4) is 5.75 Å². The number of hydrogen-bond acceptors (Lipinski definition) is 8. The average Bonchev–Trinajstić information content (AvgIpc) is 2.85. The molecule has 0 radical (unpaired) electrons. The van der Waals surface area contributed by atoms with E-state index < -0.39 is 0 Å². The molecule has 0 bridgehead atoms. The summed E-state index contributed by atoms with van der Waals surface area (Å²) in [6, 6.07) is 7.23. The minimum atomic E-state index is -0.210. The van der Waals surface area contributed by atoms with Crippen molar-refractivity contribution in [3.05, 3.63) is 51.9 Å². The molecule has 3 heterocycles. The second kappa shape index (κ2) is 10.7. The third-order valence-electron chi connectivity index (χ3n) is 6.30. The fourth-order valence-electron chi connectivity index (χ4n) is 4.22. The van der Waals surface area contributed by atoms with Crippen molar-refractivity contribution < 1.29 is 9.53 Å². The molecule has 10 heteroatoms. The van der Waals surface area contributed by atoms with Crippen molar-refractivity contribution in [1.29, 1.82) is 0 Å². The van der Waals surface area contributed by atoms with E-state index in [-0.39, 0.29) is 17.4 Å². The van der Waals surface area contributed by atoms with Crippen LogP contribution in [0, 0.1) is 0 Å². The number of nitrogens with zero attached hydrogens (tertiary/aromatic N) is 5. The van der Waals surface area contributed by atoms with E-state index in [0.29, 0.717) is 54.2 Å². The van der Waals surface area contributed by atoms with Crippen LogP contribution in [0.1, 0.15) is 35.7 Å². The summed E-state index contributed by atoms with van der Waals surface area (Å²) in [6.07, 6.45) is 3.67. The van der Waals surface area contributed by atoms with Gasteiger partial charge in [-0.2, -0.15) is 4.98 Å².